The van der Waals surface area contributed by atoms with E-state index in [0.29, 0.717) is 13.1 Å². The molecule has 0 aliphatic heterocycles. The Morgan fingerprint density at radius 3 is 2.18 bits per heavy atom. The van der Waals surface area contributed by atoms with E-state index < -0.39 is 12.1 Å². The Labute approximate surface area is 167 Å². The highest BCUT2D eigenvalue weighted by Gasteiger charge is 2.31. The van der Waals surface area contributed by atoms with Crippen LogP contribution in [-0.2, 0) is 11.3 Å². The number of quaternary nitrogens is 1. The van der Waals surface area contributed by atoms with E-state index in [-0.39, 0.29) is 5.91 Å². The molecule has 3 amide bonds. The van der Waals surface area contributed by atoms with Gasteiger partial charge in [-0.2, -0.15) is 0 Å². The lowest BCUT2D eigenvalue weighted by Gasteiger charge is -2.27. The highest BCUT2D eigenvalue weighted by Crippen LogP contribution is 2.13. The van der Waals surface area contributed by atoms with Crippen molar-refractivity contribution in [2.75, 3.05) is 32.1 Å². The summed E-state index contributed by atoms with van der Waals surface area (Å²) in [6, 6.07) is 17.0. The third-order valence-electron chi connectivity index (χ3n) is 4.72. The van der Waals surface area contributed by atoms with E-state index in [9.17, 15) is 9.59 Å². The van der Waals surface area contributed by atoms with E-state index in [2.05, 4.69) is 46.7 Å². The number of carbonyl (C=O) groups is 2. The molecule has 6 nitrogen and oxygen atoms in total. The number of carbonyl (C=O) groups excluding carboxylic acids is 2. The van der Waals surface area contributed by atoms with E-state index >= 15 is 0 Å². The Hall–Kier alpha value is -2.86. The van der Waals surface area contributed by atoms with Crippen LogP contribution in [0, 0.1) is 0 Å². The van der Waals surface area contributed by atoms with Gasteiger partial charge in [0.1, 0.15) is 6.54 Å². The molecule has 0 radical (unpaired) electrons. The van der Waals surface area contributed by atoms with Crippen molar-refractivity contribution in [3.8, 4) is 0 Å². The molecule has 0 aliphatic carbocycles. The maximum Gasteiger partial charge on any atom is 0.321 e. The van der Waals surface area contributed by atoms with E-state index in [1.165, 1.54) is 0 Å². The molecular formula is C22H31N4O2+. The van der Waals surface area contributed by atoms with Gasteiger partial charge in [0.2, 0.25) is 0 Å². The normalized spacial score (nSPS) is 12.7. The van der Waals surface area contributed by atoms with Crippen molar-refractivity contribution < 1.29 is 14.5 Å². The average molecular weight is 384 g/mol. The van der Waals surface area contributed by atoms with Gasteiger partial charge < -0.3 is 15.1 Å². The fourth-order valence-corrected chi connectivity index (χ4v) is 3.21. The van der Waals surface area contributed by atoms with E-state index in [1.54, 1.807) is 0 Å². The monoisotopic (exact) mass is 383 g/mol. The van der Waals surface area contributed by atoms with E-state index in [0.717, 1.165) is 28.3 Å². The van der Waals surface area contributed by atoms with Gasteiger partial charge in [0.25, 0.3) is 5.91 Å². The third-order valence-corrected chi connectivity index (χ3v) is 4.72. The van der Waals surface area contributed by atoms with E-state index in [1.807, 2.05) is 51.4 Å². The van der Waals surface area contributed by atoms with Crippen molar-refractivity contribution in [1.82, 2.24) is 10.6 Å². The Morgan fingerprint density at radius 1 is 1.00 bits per heavy atom. The van der Waals surface area contributed by atoms with Gasteiger partial charge in [0, 0.05) is 37.5 Å². The largest absolute Gasteiger partial charge is 0.378 e. The van der Waals surface area contributed by atoms with Crippen LogP contribution in [0.25, 0.3) is 0 Å². The van der Waals surface area contributed by atoms with Crippen molar-refractivity contribution in [3.05, 3.63) is 65.7 Å². The van der Waals surface area contributed by atoms with Gasteiger partial charge in [0.15, 0.2) is 6.04 Å². The van der Waals surface area contributed by atoms with Gasteiger partial charge in [-0.25, -0.2) is 4.79 Å². The second-order valence-corrected chi connectivity index (χ2v) is 6.94. The summed E-state index contributed by atoms with van der Waals surface area (Å²) in [6.45, 7) is 5.78. The summed E-state index contributed by atoms with van der Waals surface area (Å²) in [6.07, 6.45) is 0. The first-order valence-electron chi connectivity index (χ1n) is 9.70. The molecule has 150 valence electrons. The number of likely N-dealkylation sites (N-methyl/N-ethyl adjacent to an activating group) is 1. The zero-order valence-corrected chi connectivity index (χ0v) is 17.2. The maximum atomic E-state index is 13.0. The predicted molar refractivity (Wildman–Crippen MR) is 112 cm³/mol. The van der Waals surface area contributed by atoms with Crippen LogP contribution < -0.4 is 20.4 Å². The number of urea groups is 1. The summed E-state index contributed by atoms with van der Waals surface area (Å²) in [4.78, 5) is 28.0. The van der Waals surface area contributed by atoms with Crippen LogP contribution in [0.1, 0.15) is 31.0 Å². The molecule has 0 spiro atoms. The summed E-state index contributed by atoms with van der Waals surface area (Å²) in [7, 11) is 4.02. The van der Waals surface area contributed by atoms with Crippen LogP contribution in [0.15, 0.2) is 54.6 Å². The molecule has 0 saturated heterocycles. The highest BCUT2D eigenvalue weighted by molar-refractivity contribution is 5.96. The van der Waals surface area contributed by atoms with Crippen molar-refractivity contribution in [3.63, 3.8) is 0 Å². The molecule has 0 aliphatic rings. The van der Waals surface area contributed by atoms with Gasteiger partial charge in [-0.1, -0.05) is 42.5 Å². The minimum atomic E-state index is -0.470. The van der Waals surface area contributed by atoms with Crippen LogP contribution >= 0.6 is 0 Å². The number of nitrogens with one attached hydrogen (secondary N) is 3. The minimum absolute atomic E-state index is 0.293. The topological polar surface area (TPSA) is 65.9 Å². The molecule has 0 heterocycles. The van der Waals surface area contributed by atoms with Gasteiger partial charge in [0.05, 0.1) is 6.54 Å². The van der Waals surface area contributed by atoms with Gasteiger partial charge in [-0.05, 0) is 26.0 Å². The molecule has 2 atom stereocenters. The second kappa shape index (κ2) is 10.5. The standard InChI is InChI=1S/C22H30N4O2/c1-5-23-22(28)24-21(27)20(18-10-8-7-9-11-18)26(6-2)16-17-12-14-19(15-13-17)25(3)4/h7-15,20H,5-6,16H2,1-4H3,(H2,23,24,27,28)/p+1/t20-/m0/s1. The molecule has 2 aromatic rings. The number of imide groups is 1. The smallest absolute Gasteiger partial charge is 0.321 e. The van der Waals surface area contributed by atoms with Crippen LogP contribution in [0.4, 0.5) is 10.5 Å². The summed E-state index contributed by atoms with van der Waals surface area (Å²) in [5, 5.41) is 5.11. The number of hydrogen-bond acceptors (Lipinski definition) is 3. The zero-order chi connectivity index (χ0) is 20.5. The molecule has 2 rings (SSSR count). The lowest BCUT2D eigenvalue weighted by Crippen LogP contribution is -3.12. The predicted octanol–water partition coefficient (Wildman–Crippen LogP) is 1.74. The van der Waals surface area contributed by atoms with Gasteiger partial charge >= 0.3 is 6.03 Å². The summed E-state index contributed by atoms with van der Waals surface area (Å²) in [5.41, 5.74) is 3.18. The van der Waals surface area contributed by atoms with E-state index in [4.69, 9.17) is 0 Å². The van der Waals surface area contributed by atoms with Crippen LogP contribution in [0.2, 0.25) is 0 Å². The van der Waals surface area contributed by atoms with Crippen LogP contribution in [0.5, 0.6) is 0 Å². The SMILES string of the molecule is CCNC(=O)NC(=O)[C@H](c1ccccc1)[NH+](CC)Cc1ccc(N(C)C)cc1. The number of nitrogens with zero attached hydrogens (tertiary/aromatic N) is 1. The average Bonchev–Trinajstić information content (AvgIpc) is 2.68. The Balaban J connectivity index is 2.26. The summed E-state index contributed by atoms with van der Waals surface area (Å²) < 4.78 is 0. The zero-order valence-electron chi connectivity index (χ0n) is 17.2. The molecule has 3 N–H and O–H groups in total. The lowest BCUT2D eigenvalue weighted by molar-refractivity contribution is -0.933. The minimum Gasteiger partial charge on any atom is -0.378 e. The molecule has 0 bridgehead atoms. The molecule has 6 heteroatoms. The quantitative estimate of drug-likeness (QED) is 0.651. The van der Waals surface area contributed by atoms with Crippen molar-refractivity contribution in [1.29, 1.82) is 0 Å². The maximum absolute atomic E-state index is 13.0. The van der Waals surface area contributed by atoms with Crippen molar-refractivity contribution in [2.45, 2.75) is 26.4 Å². The molecule has 0 aromatic heterocycles. The summed E-state index contributed by atoms with van der Waals surface area (Å²) >= 11 is 0. The molecule has 0 saturated carbocycles. The Morgan fingerprint density at radius 2 is 1.64 bits per heavy atom. The number of amides is 3. The van der Waals surface area contributed by atoms with Crippen molar-refractivity contribution in [2.24, 2.45) is 0 Å². The Kier molecular flexibility index (Phi) is 8.02. The summed E-state index contributed by atoms with van der Waals surface area (Å²) in [5.74, 6) is -0.293. The number of anilines is 1. The Bertz CT molecular complexity index is 760. The fourth-order valence-electron chi connectivity index (χ4n) is 3.21. The first kappa shape index (κ1) is 21.4. The van der Waals surface area contributed by atoms with Crippen LogP contribution in [0.3, 0.4) is 0 Å². The van der Waals surface area contributed by atoms with Crippen LogP contribution in [-0.4, -0.2) is 39.1 Å². The molecular weight excluding hydrogens is 352 g/mol. The second-order valence-electron chi connectivity index (χ2n) is 6.94. The van der Waals surface area contributed by atoms with Crippen molar-refractivity contribution >= 4 is 17.6 Å². The van der Waals surface area contributed by atoms with Gasteiger partial charge in [-0.3, -0.25) is 10.1 Å². The first-order valence-corrected chi connectivity index (χ1v) is 9.70. The van der Waals surface area contributed by atoms with Gasteiger partial charge in [-0.15, -0.1) is 0 Å². The number of hydrogen-bond donors (Lipinski definition) is 3. The third kappa shape index (κ3) is 5.82. The first-order chi connectivity index (χ1) is 13.5. The lowest BCUT2D eigenvalue weighted by atomic mass is 10.0. The fraction of sp³-hybridized carbons (Fsp3) is 0.364. The molecule has 2 aromatic carbocycles. The molecule has 28 heavy (non-hydrogen) atoms. The number of rotatable bonds is 8. The highest BCUT2D eigenvalue weighted by atomic mass is 16.2. The molecule has 1 unspecified atom stereocenters. The molecule has 0 fully saturated rings. The number of benzene rings is 2.